The lowest BCUT2D eigenvalue weighted by molar-refractivity contribution is -0.129. The van der Waals surface area contributed by atoms with Crippen LogP contribution in [0, 0.1) is 0 Å². The molecule has 138 valence electrons. The van der Waals surface area contributed by atoms with E-state index in [0.29, 0.717) is 26.1 Å². The number of carbonyl (C=O) groups excluding carboxylic acids is 2. The molecule has 0 bridgehead atoms. The maximum absolute atomic E-state index is 12.0. The monoisotopic (exact) mass is 355 g/mol. The van der Waals surface area contributed by atoms with Crippen LogP contribution in [-0.2, 0) is 22.6 Å². The van der Waals surface area contributed by atoms with Crippen LogP contribution in [0.1, 0.15) is 24.5 Å². The Morgan fingerprint density at radius 2 is 1.96 bits per heavy atom. The Kier molecular flexibility index (Phi) is 7.61. The van der Waals surface area contributed by atoms with Gasteiger partial charge in [0.25, 0.3) is 0 Å². The number of hydrogen-bond acceptors (Lipinski definition) is 4. The van der Waals surface area contributed by atoms with Crippen LogP contribution in [0.15, 0.2) is 48.8 Å². The number of pyridine rings is 1. The summed E-state index contributed by atoms with van der Waals surface area (Å²) in [5, 5.41) is 2.85. The third kappa shape index (κ3) is 6.55. The average molecular weight is 355 g/mol. The number of aromatic nitrogens is 1. The number of nitrogens with one attached hydrogen (secondary N) is 1. The number of ether oxygens (including phenoxy) is 1. The molecule has 0 aliphatic rings. The fourth-order valence-corrected chi connectivity index (χ4v) is 2.55. The number of amides is 2. The highest BCUT2D eigenvalue weighted by atomic mass is 16.5. The molecule has 0 radical (unpaired) electrons. The van der Waals surface area contributed by atoms with Gasteiger partial charge in [0.15, 0.2) is 0 Å². The second kappa shape index (κ2) is 10.2. The fourth-order valence-electron chi connectivity index (χ4n) is 2.55. The number of carbonyl (C=O) groups is 2. The quantitative estimate of drug-likeness (QED) is 0.748. The van der Waals surface area contributed by atoms with Gasteiger partial charge in [0, 0.05) is 45.4 Å². The van der Waals surface area contributed by atoms with Crippen molar-refractivity contribution >= 4 is 11.8 Å². The molecule has 0 saturated carbocycles. The number of hydrogen-bond donors (Lipinski definition) is 1. The highest BCUT2D eigenvalue weighted by Gasteiger charge is 2.11. The number of benzene rings is 1. The van der Waals surface area contributed by atoms with Crippen LogP contribution in [0.5, 0.6) is 5.75 Å². The number of nitrogens with zero attached hydrogens (tertiary/aromatic N) is 2. The second-order valence-corrected chi connectivity index (χ2v) is 6.00. The molecule has 0 fully saturated rings. The zero-order valence-corrected chi connectivity index (χ0v) is 15.3. The molecule has 0 aliphatic carbocycles. The summed E-state index contributed by atoms with van der Waals surface area (Å²) in [4.78, 5) is 29.6. The van der Waals surface area contributed by atoms with Crippen molar-refractivity contribution in [2.75, 3.05) is 20.2 Å². The molecule has 2 aromatic rings. The van der Waals surface area contributed by atoms with Crippen LogP contribution in [0.2, 0.25) is 0 Å². The molecule has 2 rings (SSSR count). The first-order chi connectivity index (χ1) is 12.6. The predicted octanol–water partition coefficient (Wildman–Crippen LogP) is 2.19. The molecule has 2 amide bonds. The van der Waals surface area contributed by atoms with Crippen LogP contribution in [0.25, 0.3) is 0 Å². The van der Waals surface area contributed by atoms with Gasteiger partial charge < -0.3 is 15.0 Å². The van der Waals surface area contributed by atoms with Gasteiger partial charge in [-0.25, -0.2) is 0 Å². The Labute approximate surface area is 154 Å². The maximum Gasteiger partial charge on any atom is 0.222 e. The molecular weight excluding hydrogens is 330 g/mol. The van der Waals surface area contributed by atoms with Gasteiger partial charge in [0.2, 0.25) is 11.8 Å². The molecule has 0 unspecified atom stereocenters. The third-order valence-electron chi connectivity index (χ3n) is 4.07. The summed E-state index contributed by atoms with van der Waals surface area (Å²) in [5.74, 6) is 0.682. The molecule has 0 atom stereocenters. The molecule has 0 aliphatic heterocycles. The highest BCUT2D eigenvalue weighted by Crippen LogP contribution is 2.13. The smallest absolute Gasteiger partial charge is 0.222 e. The Bertz CT molecular complexity index is 719. The van der Waals surface area contributed by atoms with Crippen LogP contribution in [0.3, 0.4) is 0 Å². The summed E-state index contributed by atoms with van der Waals surface area (Å²) in [6, 6.07) is 11.5. The molecule has 1 aromatic carbocycles. The standard InChI is InChI=1S/C20H25N3O3/c1-16(24)23(11-8-17-5-3-7-19(13-17)26-2)12-9-20(25)22-15-18-6-4-10-21-14-18/h3-7,10,13-14H,8-9,11-12,15H2,1-2H3,(H,22,25). The average Bonchev–Trinajstić information content (AvgIpc) is 2.67. The van der Waals surface area contributed by atoms with Crippen molar-refractivity contribution in [1.29, 1.82) is 0 Å². The molecular formula is C20H25N3O3. The van der Waals surface area contributed by atoms with E-state index in [4.69, 9.17) is 4.74 Å². The summed E-state index contributed by atoms with van der Waals surface area (Å²) < 4.78 is 5.21. The second-order valence-electron chi connectivity index (χ2n) is 6.00. The lowest BCUT2D eigenvalue weighted by Crippen LogP contribution is -2.35. The third-order valence-corrected chi connectivity index (χ3v) is 4.07. The van der Waals surface area contributed by atoms with Crippen molar-refractivity contribution in [3.8, 4) is 5.75 Å². The fraction of sp³-hybridized carbons (Fsp3) is 0.350. The lowest BCUT2D eigenvalue weighted by Gasteiger charge is -2.21. The van der Waals surface area contributed by atoms with Gasteiger partial charge in [0.1, 0.15) is 5.75 Å². The minimum absolute atomic E-state index is 0.0343. The molecule has 6 nitrogen and oxygen atoms in total. The van der Waals surface area contributed by atoms with Crippen molar-refractivity contribution in [2.45, 2.75) is 26.3 Å². The zero-order valence-electron chi connectivity index (χ0n) is 15.3. The lowest BCUT2D eigenvalue weighted by atomic mass is 10.1. The normalized spacial score (nSPS) is 10.2. The van der Waals surface area contributed by atoms with Crippen molar-refractivity contribution < 1.29 is 14.3 Å². The minimum atomic E-state index is -0.0820. The van der Waals surface area contributed by atoms with E-state index >= 15 is 0 Å². The van der Waals surface area contributed by atoms with E-state index in [1.165, 1.54) is 6.92 Å². The highest BCUT2D eigenvalue weighted by molar-refractivity contribution is 5.78. The van der Waals surface area contributed by atoms with Crippen molar-refractivity contribution in [3.63, 3.8) is 0 Å². The number of rotatable bonds is 9. The topological polar surface area (TPSA) is 71.5 Å². The van der Waals surface area contributed by atoms with Gasteiger partial charge >= 0.3 is 0 Å². The van der Waals surface area contributed by atoms with E-state index in [-0.39, 0.29) is 18.2 Å². The van der Waals surface area contributed by atoms with Gasteiger partial charge in [-0.1, -0.05) is 18.2 Å². The van der Waals surface area contributed by atoms with Crippen LogP contribution in [0.4, 0.5) is 0 Å². The minimum Gasteiger partial charge on any atom is -0.497 e. The molecule has 0 saturated heterocycles. The van der Waals surface area contributed by atoms with E-state index in [9.17, 15) is 9.59 Å². The van der Waals surface area contributed by atoms with E-state index in [1.54, 1.807) is 24.4 Å². The predicted molar refractivity (Wildman–Crippen MR) is 99.7 cm³/mol. The van der Waals surface area contributed by atoms with Crippen molar-refractivity contribution in [2.24, 2.45) is 0 Å². The van der Waals surface area contributed by atoms with Crippen LogP contribution >= 0.6 is 0 Å². The first-order valence-corrected chi connectivity index (χ1v) is 8.62. The van der Waals surface area contributed by atoms with Gasteiger partial charge in [0.05, 0.1) is 7.11 Å². The first kappa shape index (κ1) is 19.4. The summed E-state index contributed by atoms with van der Waals surface area (Å²) in [5.41, 5.74) is 2.04. The first-order valence-electron chi connectivity index (χ1n) is 8.62. The summed E-state index contributed by atoms with van der Waals surface area (Å²) >= 11 is 0. The Balaban J connectivity index is 1.78. The van der Waals surface area contributed by atoms with Gasteiger partial charge in [-0.15, -0.1) is 0 Å². The molecule has 26 heavy (non-hydrogen) atoms. The van der Waals surface area contributed by atoms with E-state index < -0.39 is 0 Å². The Morgan fingerprint density at radius 1 is 1.15 bits per heavy atom. The van der Waals surface area contributed by atoms with Crippen molar-refractivity contribution in [1.82, 2.24) is 15.2 Å². The largest absolute Gasteiger partial charge is 0.497 e. The van der Waals surface area contributed by atoms with E-state index in [0.717, 1.165) is 16.9 Å². The maximum atomic E-state index is 12.0. The van der Waals surface area contributed by atoms with Gasteiger partial charge in [-0.05, 0) is 35.7 Å². The molecule has 6 heteroatoms. The van der Waals surface area contributed by atoms with Gasteiger partial charge in [-0.2, -0.15) is 0 Å². The Hall–Kier alpha value is -2.89. The summed E-state index contributed by atoms with van der Waals surface area (Å²) in [6.07, 6.45) is 4.40. The zero-order chi connectivity index (χ0) is 18.8. The Morgan fingerprint density at radius 3 is 2.65 bits per heavy atom. The number of methoxy groups -OCH3 is 1. The summed E-state index contributed by atoms with van der Waals surface area (Å²) in [6.45, 7) is 2.94. The summed E-state index contributed by atoms with van der Waals surface area (Å²) in [7, 11) is 1.63. The molecule has 0 spiro atoms. The molecule has 1 heterocycles. The van der Waals surface area contributed by atoms with E-state index in [1.807, 2.05) is 36.4 Å². The van der Waals surface area contributed by atoms with E-state index in [2.05, 4.69) is 10.3 Å². The molecule has 1 N–H and O–H groups in total. The molecule has 1 aromatic heterocycles. The SMILES string of the molecule is COc1cccc(CCN(CCC(=O)NCc2cccnc2)C(C)=O)c1. The van der Waals surface area contributed by atoms with Crippen molar-refractivity contribution in [3.05, 3.63) is 59.9 Å². The van der Waals surface area contributed by atoms with Crippen LogP contribution in [-0.4, -0.2) is 41.9 Å². The van der Waals surface area contributed by atoms with Crippen LogP contribution < -0.4 is 10.1 Å². The van der Waals surface area contributed by atoms with Gasteiger partial charge in [-0.3, -0.25) is 14.6 Å².